The predicted octanol–water partition coefficient (Wildman–Crippen LogP) is 1.83. The lowest BCUT2D eigenvalue weighted by atomic mass is 10.1. The quantitative estimate of drug-likeness (QED) is 0.834. The molecule has 21 heavy (non-hydrogen) atoms. The number of morpholine rings is 1. The maximum absolute atomic E-state index is 11.9. The van der Waals surface area contributed by atoms with Crippen LogP contribution in [0.4, 0.5) is 11.4 Å². The van der Waals surface area contributed by atoms with Crippen molar-refractivity contribution < 1.29 is 9.53 Å². The van der Waals surface area contributed by atoms with Gasteiger partial charge >= 0.3 is 0 Å². The maximum atomic E-state index is 11.9. The molecule has 1 aliphatic heterocycles. The Morgan fingerprint density at radius 3 is 2.76 bits per heavy atom. The van der Waals surface area contributed by atoms with Crippen molar-refractivity contribution in [2.24, 2.45) is 5.73 Å². The Balaban J connectivity index is 2.18. The van der Waals surface area contributed by atoms with E-state index >= 15 is 0 Å². The second kappa shape index (κ2) is 6.09. The number of rotatable bonds is 3. The van der Waals surface area contributed by atoms with Crippen LogP contribution >= 0.6 is 12.2 Å². The van der Waals surface area contributed by atoms with Crippen LogP contribution in [-0.4, -0.2) is 36.2 Å². The number of thiocarbonyl (C=S) groups is 1. The van der Waals surface area contributed by atoms with Crippen LogP contribution in [0.15, 0.2) is 18.2 Å². The van der Waals surface area contributed by atoms with Gasteiger partial charge in [0.15, 0.2) is 0 Å². The smallest absolute Gasteiger partial charge is 0.243 e. The third kappa shape index (κ3) is 3.78. The van der Waals surface area contributed by atoms with Gasteiger partial charge in [0.1, 0.15) is 4.99 Å². The Hall–Kier alpha value is -1.50. The molecule has 0 aliphatic carbocycles. The molecule has 2 rings (SSSR count). The monoisotopic (exact) mass is 307 g/mol. The highest BCUT2D eigenvalue weighted by molar-refractivity contribution is 7.80. The number of anilines is 2. The average Bonchev–Trinajstić information content (AvgIpc) is 2.39. The van der Waals surface area contributed by atoms with Crippen LogP contribution in [-0.2, 0) is 9.53 Å². The van der Waals surface area contributed by atoms with E-state index in [9.17, 15) is 4.79 Å². The molecular formula is C15H21N3O2S. The minimum atomic E-state index is -0.904. The van der Waals surface area contributed by atoms with Crippen molar-refractivity contribution in [2.75, 3.05) is 30.0 Å². The lowest BCUT2D eigenvalue weighted by molar-refractivity contribution is -0.120. The molecule has 1 aliphatic rings. The summed E-state index contributed by atoms with van der Waals surface area (Å²) in [7, 11) is 0. The number of aryl methyl sites for hydroxylation is 1. The van der Waals surface area contributed by atoms with Crippen LogP contribution in [0.5, 0.6) is 0 Å². The first kappa shape index (κ1) is 15.9. The fourth-order valence-electron chi connectivity index (χ4n) is 2.10. The van der Waals surface area contributed by atoms with E-state index in [0.717, 1.165) is 28.5 Å². The topological polar surface area (TPSA) is 67.6 Å². The normalized spacial score (nSPS) is 16.0. The van der Waals surface area contributed by atoms with E-state index < -0.39 is 5.54 Å². The Labute approximate surface area is 130 Å². The molecule has 1 heterocycles. The molecule has 1 amide bonds. The van der Waals surface area contributed by atoms with Crippen molar-refractivity contribution in [3.05, 3.63) is 23.8 Å². The number of carbonyl (C=O) groups excluding carboxylic acids is 1. The van der Waals surface area contributed by atoms with Gasteiger partial charge in [-0.1, -0.05) is 12.2 Å². The van der Waals surface area contributed by atoms with Crippen LogP contribution in [0.25, 0.3) is 0 Å². The molecule has 114 valence electrons. The highest BCUT2D eigenvalue weighted by Gasteiger charge is 2.22. The summed E-state index contributed by atoms with van der Waals surface area (Å²) in [5.74, 6) is -0.212. The Morgan fingerprint density at radius 1 is 1.48 bits per heavy atom. The molecule has 0 spiro atoms. The van der Waals surface area contributed by atoms with Crippen LogP contribution < -0.4 is 16.0 Å². The summed E-state index contributed by atoms with van der Waals surface area (Å²) < 4.78 is 5.33. The largest absolute Gasteiger partial charge is 0.372 e. The van der Waals surface area contributed by atoms with Gasteiger partial charge in [0.2, 0.25) is 5.91 Å². The molecule has 1 fully saturated rings. The van der Waals surface area contributed by atoms with Crippen molar-refractivity contribution in [1.82, 2.24) is 0 Å². The average molecular weight is 307 g/mol. The number of hydrogen-bond acceptors (Lipinski definition) is 4. The molecule has 0 radical (unpaired) electrons. The summed E-state index contributed by atoms with van der Waals surface area (Å²) in [6.07, 6.45) is 0. The third-order valence-electron chi connectivity index (χ3n) is 3.32. The second-order valence-electron chi connectivity index (χ2n) is 5.78. The number of amides is 1. The number of nitrogens with one attached hydrogen (secondary N) is 1. The van der Waals surface area contributed by atoms with Gasteiger partial charge in [0.05, 0.1) is 18.8 Å². The molecule has 5 nitrogen and oxygen atoms in total. The molecule has 0 bridgehead atoms. The minimum absolute atomic E-state index is 0.212. The van der Waals surface area contributed by atoms with Gasteiger partial charge in [-0.2, -0.15) is 0 Å². The number of hydrogen-bond donors (Lipinski definition) is 2. The van der Waals surface area contributed by atoms with Crippen LogP contribution in [0, 0.1) is 6.92 Å². The van der Waals surface area contributed by atoms with Crippen molar-refractivity contribution in [3.63, 3.8) is 0 Å². The number of carbonyl (C=O) groups is 1. The zero-order valence-corrected chi connectivity index (χ0v) is 13.4. The summed E-state index contributed by atoms with van der Waals surface area (Å²) in [5.41, 5.74) is 7.71. The molecule has 1 aromatic carbocycles. The van der Waals surface area contributed by atoms with Crippen LogP contribution in [0.2, 0.25) is 0 Å². The molecule has 0 atom stereocenters. The number of benzene rings is 1. The van der Waals surface area contributed by atoms with E-state index in [-0.39, 0.29) is 5.91 Å². The Kier molecular flexibility index (Phi) is 4.61. The zero-order chi connectivity index (χ0) is 15.6. The first-order valence-electron chi connectivity index (χ1n) is 6.88. The second-order valence-corrected chi connectivity index (χ2v) is 6.25. The minimum Gasteiger partial charge on any atom is -0.372 e. The summed E-state index contributed by atoms with van der Waals surface area (Å²) in [6.45, 7) is 7.25. The SMILES string of the molecule is Cc1cc(NC(=O)C(C)(C)N)ccc1N1CCOCC1=S. The van der Waals surface area contributed by atoms with E-state index in [1.807, 2.05) is 25.1 Å². The molecule has 0 aromatic heterocycles. The summed E-state index contributed by atoms with van der Waals surface area (Å²) >= 11 is 5.34. The van der Waals surface area contributed by atoms with E-state index in [1.165, 1.54) is 0 Å². The summed E-state index contributed by atoms with van der Waals surface area (Å²) in [5, 5.41) is 2.82. The molecule has 0 unspecified atom stereocenters. The van der Waals surface area contributed by atoms with Crippen LogP contribution in [0.1, 0.15) is 19.4 Å². The standard InChI is InChI=1S/C15H21N3O2S/c1-10-8-11(17-14(19)15(2,3)16)4-5-12(10)18-6-7-20-9-13(18)21/h4-5,8H,6-7,9,16H2,1-3H3,(H,17,19). The molecule has 1 aromatic rings. The number of ether oxygens (including phenoxy) is 1. The summed E-state index contributed by atoms with van der Waals surface area (Å²) in [4.78, 5) is 14.8. The maximum Gasteiger partial charge on any atom is 0.243 e. The van der Waals surface area contributed by atoms with Gasteiger partial charge in [-0.15, -0.1) is 0 Å². The van der Waals surface area contributed by atoms with Gasteiger partial charge in [0.25, 0.3) is 0 Å². The predicted molar refractivity (Wildman–Crippen MR) is 88.8 cm³/mol. The van der Waals surface area contributed by atoms with E-state index in [4.69, 9.17) is 22.7 Å². The lowest BCUT2D eigenvalue weighted by Gasteiger charge is -2.31. The fourth-order valence-corrected chi connectivity index (χ4v) is 2.37. The van der Waals surface area contributed by atoms with Crippen molar-refractivity contribution in [2.45, 2.75) is 26.3 Å². The first-order chi connectivity index (χ1) is 9.79. The molecule has 0 saturated carbocycles. The van der Waals surface area contributed by atoms with Gasteiger partial charge in [0, 0.05) is 17.9 Å². The molecular weight excluding hydrogens is 286 g/mol. The molecule has 3 N–H and O–H groups in total. The van der Waals surface area contributed by atoms with Gasteiger partial charge in [-0.25, -0.2) is 0 Å². The van der Waals surface area contributed by atoms with Gasteiger partial charge in [-0.05, 0) is 44.5 Å². The van der Waals surface area contributed by atoms with Crippen LogP contribution in [0.3, 0.4) is 0 Å². The highest BCUT2D eigenvalue weighted by Crippen LogP contribution is 2.25. The molecule has 1 saturated heterocycles. The van der Waals surface area contributed by atoms with Gasteiger partial charge in [-0.3, -0.25) is 4.79 Å². The lowest BCUT2D eigenvalue weighted by Crippen LogP contribution is -2.45. The molecule has 6 heteroatoms. The van der Waals surface area contributed by atoms with Crippen molar-refractivity contribution in [1.29, 1.82) is 0 Å². The van der Waals surface area contributed by atoms with E-state index in [0.29, 0.717) is 13.2 Å². The first-order valence-corrected chi connectivity index (χ1v) is 7.29. The van der Waals surface area contributed by atoms with E-state index in [2.05, 4.69) is 10.2 Å². The Bertz CT molecular complexity index is 567. The van der Waals surface area contributed by atoms with Crippen molar-refractivity contribution in [3.8, 4) is 0 Å². The highest BCUT2D eigenvalue weighted by atomic mass is 32.1. The van der Waals surface area contributed by atoms with E-state index in [1.54, 1.807) is 13.8 Å². The van der Waals surface area contributed by atoms with Gasteiger partial charge < -0.3 is 20.7 Å². The zero-order valence-electron chi connectivity index (χ0n) is 12.6. The fraction of sp³-hybridized carbons (Fsp3) is 0.467. The number of nitrogens with zero attached hydrogens (tertiary/aromatic N) is 1. The third-order valence-corrected chi connectivity index (χ3v) is 3.65. The number of nitrogens with two attached hydrogens (primary N) is 1. The summed E-state index contributed by atoms with van der Waals surface area (Å²) in [6, 6.07) is 5.76. The Morgan fingerprint density at radius 2 is 2.19 bits per heavy atom. The van der Waals surface area contributed by atoms with Crippen molar-refractivity contribution >= 4 is 34.5 Å².